The molecule has 0 aliphatic heterocycles. The predicted molar refractivity (Wildman–Crippen MR) is 69.5 cm³/mol. The first-order chi connectivity index (χ1) is 8.97. The molecule has 0 heterocycles. The topological polar surface area (TPSA) is 84.5 Å². The summed E-state index contributed by atoms with van der Waals surface area (Å²) in [5.74, 6) is -0.346. The predicted octanol–water partition coefficient (Wildman–Crippen LogP) is 1.38. The summed E-state index contributed by atoms with van der Waals surface area (Å²) in [6.45, 7) is 1.47. The average molecular weight is 285 g/mol. The summed E-state index contributed by atoms with van der Waals surface area (Å²) in [5.41, 5.74) is 0.403. The minimum Gasteiger partial charge on any atom is -0.479 e. The van der Waals surface area contributed by atoms with E-state index < -0.39 is 18.0 Å². The number of halogens is 1. The smallest absolute Gasteiger partial charge is 0.321 e. The van der Waals surface area contributed by atoms with Crippen molar-refractivity contribution in [3.05, 3.63) is 28.8 Å². The summed E-state index contributed by atoms with van der Waals surface area (Å²) >= 11 is 5.90. The van der Waals surface area contributed by atoms with Gasteiger partial charge in [-0.15, -0.1) is 0 Å². The van der Waals surface area contributed by atoms with E-state index in [1.807, 2.05) is 0 Å². The van der Waals surface area contributed by atoms with Crippen LogP contribution in [0.1, 0.15) is 17.3 Å². The molecule has 0 bridgehead atoms. The molecule has 7 heteroatoms. The third kappa shape index (κ3) is 4.26. The molecule has 2 N–H and O–H groups in total. The van der Waals surface area contributed by atoms with Gasteiger partial charge in [-0.1, -0.05) is 11.6 Å². The third-order valence-electron chi connectivity index (χ3n) is 2.23. The van der Waals surface area contributed by atoms with Crippen LogP contribution in [0.15, 0.2) is 18.2 Å². The molecule has 1 unspecified atom stereocenters. The highest BCUT2D eigenvalue weighted by atomic mass is 35.5. The Morgan fingerprint density at radius 3 is 2.63 bits per heavy atom. The maximum atomic E-state index is 11.6. The number of hydrogen-bond acceptors (Lipinski definition) is 4. The van der Waals surface area contributed by atoms with Crippen molar-refractivity contribution in [1.82, 2.24) is 10.6 Å². The number of ether oxygens (including phenoxy) is 1. The van der Waals surface area contributed by atoms with Crippen molar-refractivity contribution < 1.29 is 19.1 Å². The molecule has 1 aromatic carbocycles. The highest BCUT2D eigenvalue weighted by Gasteiger charge is 2.18. The Morgan fingerprint density at radius 2 is 2.11 bits per heavy atom. The Hall–Kier alpha value is -2.08. The number of urea groups is 1. The Morgan fingerprint density at radius 1 is 1.42 bits per heavy atom. The molecule has 0 aliphatic carbocycles. The molecule has 1 atom stereocenters. The maximum Gasteiger partial charge on any atom is 0.321 e. The molecule has 1 rings (SSSR count). The number of aldehydes is 1. The standard InChI is InChI=1S/C12H13ClN2O4/c1-7(11(17)15-12(18)14-2)19-10-4-3-8(6-16)5-9(10)13/h3-7H,1-2H3,(H2,14,15,17,18). The van der Waals surface area contributed by atoms with Crippen LogP contribution in [0, 0.1) is 0 Å². The highest BCUT2D eigenvalue weighted by molar-refractivity contribution is 6.32. The van der Waals surface area contributed by atoms with Crippen LogP contribution in [0.2, 0.25) is 5.02 Å². The van der Waals surface area contributed by atoms with Crippen LogP contribution in [0.4, 0.5) is 4.79 Å². The van der Waals surface area contributed by atoms with E-state index in [0.29, 0.717) is 11.8 Å². The van der Waals surface area contributed by atoms with E-state index in [1.54, 1.807) is 0 Å². The van der Waals surface area contributed by atoms with Gasteiger partial charge in [-0.3, -0.25) is 14.9 Å². The number of benzene rings is 1. The van der Waals surface area contributed by atoms with Gasteiger partial charge in [-0.25, -0.2) is 4.79 Å². The Kier molecular flexibility index (Phi) is 5.32. The number of carbonyl (C=O) groups is 3. The summed E-state index contributed by atoms with van der Waals surface area (Å²) in [6, 6.07) is 3.79. The molecule has 0 radical (unpaired) electrons. The molecule has 1 aromatic rings. The molecule has 0 saturated heterocycles. The number of carbonyl (C=O) groups excluding carboxylic acids is 3. The lowest BCUT2D eigenvalue weighted by molar-refractivity contribution is -0.126. The summed E-state index contributed by atoms with van der Waals surface area (Å²) < 4.78 is 5.31. The second-order valence-corrected chi connectivity index (χ2v) is 4.04. The van der Waals surface area contributed by atoms with E-state index in [4.69, 9.17) is 16.3 Å². The molecule has 0 aliphatic rings. The second-order valence-electron chi connectivity index (χ2n) is 3.64. The zero-order valence-electron chi connectivity index (χ0n) is 10.4. The second kappa shape index (κ2) is 6.75. The molecule has 19 heavy (non-hydrogen) atoms. The molecular formula is C12H13ClN2O4. The Bertz CT molecular complexity index is 505. The van der Waals surface area contributed by atoms with Crippen LogP contribution in [0.5, 0.6) is 5.75 Å². The number of hydrogen-bond donors (Lipinski definition) is 2. The van der Waals surface area contributed by atoms with Crippen LogP contribution in [0.3, 0.4) is 0 Å². The lowest BCUT2D eigenvalue weighted by Gasteiger charge is -2.15. The van der Waals surface area contributed by atoms with Crippen molar-refractivity contribution in [2.24, 2.45) is 0 Å². The number of nitrogens with one attached hydrogen (secondary N) is 2. The van der Waals surface area contributed by atoms with Gasteiger partial charge in [-0.2, -0.15) is 0 Å². The largest absolute Gasteiger partial charge is 0.479 e. The van der Waals surface area contributed by atoms with Crippen molar-refractivity contribution in [3.63, 3.8) is 0 Å². The first-order valence-electron chi connectivity index (χ1n) is 5.42. The lowest BCUT2D eigenvalue weighted by atomic mass is 10.2. The fourth-order valence-electron chi connectivity index (χ4n) is 1.21. The fraction of sp³-hybridized carbons (Fsp3) is 0.250. The average Bonchev–Trinajstić information content (AvgIpc) is 2.40. The molecule has 0 saturated carbocycles. The van der Waals surface area contributed by atoms with Gasteiger partial charge < -0.3 is 10.1 Å². The van der Waals surface area contributed by atoms with E-state index in [1.165, 1.54) is 32.2 Å². The zero-order chi connectivity index (χ0) is 14.4. The zero-order valence-corrected chi connectivity index (χ0v) is 11.2. The highest BCUT2D eigenvalue weighted by Crippen LogP contribution is 2.25. The minimum absolute atomic E-state index is 0.212. The lowest BCUT2D eigenvalue weighted by Crippen LogP contribution is -2.43. The SMILES string of the molecule is CNC(=O)NC(=O)C(C)Oc1ccc(C=O)cc1Cl. The normalized spacial score (nSPS) is 11.3. The van der Waals surface area contributed by atoms with E-state index >= 15 is 0 Å². The first-order valence-corrected chi connectivity index (χ1v) is 5.79. The van der Waals surface area contributed by atoms with Gasteiger partial charge in [0.05, 0.1) is 5.02 Å². The summed E-state index contributed by atoms with van der Waals surface area (Å²) in [6.07, 6.45) is -0.255. The van der Waals surface area contributed by atoms with Crippen LogP contribution < -0.4 is 15.4 Å². The molecule has 6 nitrogen and oxygen atoms in total. The molecule has 3 amide bonds. The quantitative estimate of drug-likeness (QED) is 0.818. The van der Waals surface area contributed by atoms with Crippen molar-refractivity contribution in [2.45, 2.75) is 13.0 Å². The fourth-order valence-corrected chi connectivity index (χ4v) is 1.44. The van der Waals surface area contributed by atoms with Crippen LogP contribution >= 0.6 is 11.6 Å². The number of amides is 3. The van der Waals surface area contributed by atoms with E-state index in [9.17, 15) is 14.4 Å². The molecular weight excluding hydrogens is 272 g/mol. The maximum absolute atomic E-state index is 11.6. The monoisotopic (exact) mass is 284 g/mol. The summed E-state index contributed by atoms with van der Waals surface area (Å²) in [5, 5.41) is 4.54. The van der Waals surface area contributed by atoms with E-state index in [2.05, 4.69) is 10.6 Å². The van der Waals surface area contributed by atoms with Crippen molar-refractivity contribution in [2.75, 3.05) is 7.05 Å². The third-order valence-corrected chi connectivity index (χ3v) is 2.52. The van der Waals surface area contributed by atoms with Crippen LogP contribution in [-0.2, 0) is 4.79 Å². The van der Waals surface area contributed by atoms with Crippen molar-refractivity contribution in [1.29, 1.82) is 0 Å². The molecule has 0 spiro atoms. The van der Waals surface area contributed by atoms with Gasteiger partial charge >= 0.3 is 6.03 Å². The van der Waals surface area contributed by atoms with Gasteiger partial charge in [0.15, 0.2) is 6.10 Å². The first kappa shape index (κ1) is 15.0. The van der Waals surface area contributed by atoms with Gasteiger partial charge in [0.25, 0.3) is 5.91 Å². The van der Waals surface area contributed by atoms with Crippen LogP contribution in [0.25, 0.3) is 0 Å². The Balaban J connectivity index is 2.71. The molecule has 102 valence electrons. The minimum atomic E-state index is -0.906. The van der Waals surface area contributed by atoms with Crippen molar-refractivity contribution >= 4 is 29.8 Å². The van der Waals surface area contributed by atoms with Crippen LogP contribution in [-0.4, -0.2) is 31.4 Å². The molecule has 0 aromatic heterocycles. The van der Waals surface area contributed by atoms with E-state index in [-0.39, 0.29) is 10.8 Å². The van der Waals surface area contributed by atoms with Gasteiger partial charge in [0, 0.05) is 12.6 Å². The number of imide groups is 1. The molecule has 0 fully saturated rings. The Labute approximate surface area is 115 Å². The summed E-state index contributed by atoms with van der Waals surface area (Å²) in [4.78, 5) is 33.1. The van der Waals surface area contributed by atoms with Crippen molar-refractivity contribution in [3.8, 4) is 5.75 Å². The number of rotatable bonds is 4. The van der Waals surface area contributed by atoms with Gasteiger partial charge in [0.2, 0.25) is 0 Å². The van der Waals surface area contributed by atoms with Gasteiger partial charge in [0.1, 0.15) is 12.0 Å². The van der Waals surface area contributed by atoms with Gasteiger partial charge in [-0.05, 0) is 25.1 Å². The van der Waals surface area contributed by atoms with E-state index in [0.717, 1.165) is 0 Å². The summed E-state index contributed by atoms with van der Waals surface area (Å²) in [7, 11) is 1.39.